The van der Waals surface area contributed by atoms with Gasteiger partial charge < -0.3 is 0 Å². The van der Waals surface area contributed by atoms with Crippen LogP contribution in [0.15, 0.2) is 54.6 Å². The molecule has 0 aromatic heterocycles. The zero-order valence-corrected chi connectivity index (χ0v) is 9.89. The molecule has 0 saturated heterocycles. The van der Waals surface area contributed by atoms with Crippen LogP contribution in [0.4, 0.5) is 5.69 Å². The number of anilines is 1. The number of nitrogens with zero attached hydrogens (tertiary/aromatic N) is 1. The van der Waals surface area contributed by atoms with Gasteiger partial charge in [-0.25, -0.2) is 0 Å². The quantitative estimate of drug-likeness (QED) is 0.755. The number of benzene rings is 2. The summed E-state index contributed by atoms with van der Waals surface area (Å²) in [6.07, 6.45) is 1.93. The molecule has 2 rings (SSSR count). The van der Waals surface area contributed by atoms with Gasteiger partial charge in [0.05, 0.1) is 6.54 Å². The molecule has 0 aliphatic heterocycles. The Morgan fingerprint density at radius 1 is 1.00 bits per heavy atom. The van der Waals surface area contributed by atoms with Crippen molar-refractivity contribution in [1.29, 1.82) is 0 Å². The fourth-order valence-corrected chi connectivity index (χ4v) is 1.69. The van der Waals surface area contributed by atoms with Crippen LogP contribution in [-0.2, 0) is 11.3 Å². The third kappa shape index (κ3) is 3.08. The highest BCUT2D eigenvalue weighted by atomic mass is 35.5. The van der Waals surface area contributed by atoms with E-state index in [4.69, 9.17) is 11.6 Å². The van der Waals surface area contributed by atoms with E-state index in [1.807, 2.05) is 36.7 Å². The molecule has 0 fully saturated rings. The number of hydrogen-bond donors (Lipinski definition) is 0. The molecule has 0 aliphatic carbocycles. The van der Waals surface area contributed by atoms with Crippen LogP contribution in [0.3, 0.4) is 0 Å². The van der Waals surface area contributed by atoms with Crippen LogP contribution in [0.2, 0.25) is 5.02 Å². The Hall–Kier alpha value is -1.80. The number of carbonyl (C=O) groups excluding carboxylic acids is 1. The van der Waals surface area contributed by atoms with E-state index in [0.29, 0.717) is 11.6 Å². The summed E-state index contributed by atoms with van der Waals surface area (Å²) in [7, 11) is 0. The molecule has 0 saturated carbocycles. The molecule has 0 N–H and O–H groups in total. The zero-order chi connectivity index (χ0) is 12.1. The Kier molecular flexibility index (Phi) is 3.78. The summed E-state index contributed by atoms with van der Waals surface area (Å²) >= 11 is 5.80. The van der Waals surface area contributed by atoms with E-state index >= 15 is 0 Å². The van der Waals surface area contributed by atoms with Crippen molar-refractivity contribution in [2.75, 3.05) is 4.90 Å². The second-order valence-corrected chi connectivity index (χ2v) is 4.08. The van der Waals surface area contributed by atoms with Crippen molar-refractivity contribution in [2.45, 2.75) is 6.54 Å². The van der Waals surface area contributed by atoms with E-state index in [0.717, 1.165) is 11.3 Å². The summed E-state index contributed by atoms with van der Waals surface area (Å²) in [5, 5.41) is 0.652. The molecule has 0 bridgehead atoms. The SMILES string of the molecule is O=[C]N(Cc1ccccc1)c1ccc(Cl)cc1. The monoisotopic (exact) mass is 244 g/mol. The molecule has 1 amide bonds. The summed E-state index contributed by atoms with van der Waals surface area (Å²) < 4.78 is 0. The smallest absolute Gasteiger partial charge is 0.300 e. The Balaban J connectivity index is 2.17. The summed E-state index contributed by atoms with van der Waals surface area (Å²) in [5.74, 6) is 0. The Morgan fingerprint density at radius 2 is 1.65 bits per heavy atom. The van der Waals surface area contributed by atoms with Crippen LogP contribution in [0, 0.1) is 0 Å². The maximum Gasteiger partial charge on any atom is 0.317 e. The van der Waals surface area contributed by atoms with E-state index in [1.54, 1.807) is 24.3 Å². The molecule has 85 valence electrons. The standard InChI is InChI=1S/C14H11ClNO/c15-13-6-8-14(9-7-13)16(11-17)10-12-4-2-1-3-5-12/h1-9H,10H2. The fraction of sp³-hybridized carbons (Fsp3) is 0.0714. The Bertz CT molecular complexity index is 481. The Morgan fingerprint density at radius 3 is 2.24 bits per heavy atom. The van der Waals surface area contributed by atoms with Gasteiger partial charge in [0.2, 0.25) is 0 Å². The maximum absolute atomic E-state index is 11.0. The van der Waals surface area contributed by atoms with Crippen LogP contribution in [0.5, 0.6) is 0 Å². The van der Waals surface area contributed by atoms with Crippen molar-refractivity contribution in [1.82, 2.24) is 0 Å². The predicted octanol–water partition coefficient (Wildman–Crippen LogP) is 3.41. The molecular formula is C14H11ClNO. The van der Waals surface area contributed by atoms with Crippen LogP contribution >= 0.6 is 11.6 Å². The lowest BCUT2D eigenvalue weighted by Crippen LogP contribution is -2.19. The van der Waals surface area contributed by atoms with Gasteiger partial charge >= 0.3 is 6.41 Å². The first kappa shape index (κ1) is 11.7. The van der Waals surface area contributed by atoms with Crippen LogP contribution in [0.1, 0.15) is 5.56 Å². The van der Waals surface area contributed by atoms with Gasteiger partial charge in [0.25, 0.3) is 0 Å². The molecule has 2 aromatic rings. The molecule has 17 heavy (non-hydrogen) atoms. The lowest BCUT2D eigenvalue weighted by molar-refractivity contribution is 0.551. The molecule has 1 radical (unpaired) electrons. The molecule has 3 heteroatoms. The lowest BCUT2D eigenvalue weighted by atomic mass is 10.2. The second kappa shape index (κ2) is 5.51. The van der Waals surface area contributed by atoms with E-state index in [-0.39, 0.29) is 0 Å². The number of hydrogen-bond acceptors (Lipinski definition) is 1. The van der Waals surface area contributed by atoms with Gasteiger partial charge in [-0.1, -0.05) is 41.9 Å². The molecule has 0 atom stereocenters. The highest BCUT2D eigenvalue weighted by Gasteiger charge is 2.06. The summed E-state index contributed by atoms with van der Waals surface area (Å²) in [6.45, 7) is 0.506. The van der Waals surface area contributed by atoms with Gasteiger partial charge in [-0.15, -0.1) is 0 Å². The lowest BCUT2D eigenvalue weighted by Gasteiger charge is -2.16. The molecule has 0 spiro atoms. The number of halogens is 1. The maximum atomic E-state index is 11.0. The van der Waals surface area contributed by atoms with Crippen molar-refractivity contribution in [3.05, 3.63) is 65.2 Å². The summed E-state index contributed by atoms with van der Waals surface area (Å²) in [6, 6.07) is 16.9. The zero-order valence-electron chi connectivity index (χ0n) is 9.14. The van der Waals surface area contributed by atoms with Gasteiger partial charge in [-0.05, 0) is 29.8 Å². The summed E-state index contributed by atoms with van der Waals surface area (Å²) in [4.78, 5) is 12.5. The molecule has 2 aromatic carbocycles. The van der Waals surface area contributed by atoms with Crippen molar-refractivity contribution in [3.63, 3.8) is 0 Å². The molecule has 0 unspecified atom stereocenters. The van der Waals surface area contributed by atoms with E-state index in [2.05, 4.69) is 0 Å². The fourth-order valence-electron chi connectivity index (χ4n) is 1.56. The topological polar surface area (TPSA) is 20.3 Å². The van der Waals surface area contributed by atoms with E-state index in [1.165, 1.54) is 4.90 Å². The predicted molar refractivity (Wildman–Crippen MR) is 69.8 cm³/mol. The first-order valence-electron chi connectivity index (χ1n) is 5.24. The molecule has 0 aliphatic rings. The van der Waals surface area contributed by atoms with Gasteiger partial charge in [0, 0.05) is 10.7 Å². The average molecular weight is 245 g/mol. The minimum atomic E-state index is 0.506. The van der Waals surface area contributed by atoms with Crippen LogP contribution in [-0.4, -0.2) is 6.41 Å². The minimum absolute atomic E-state index is 0.506. The Labute approximate surface area is 105 Å². The first-order valence-corrected chi connectivity index (χ1v) is 5.62. The normalized spacial score (nSPS) is 9.94. The van der Waals surface area contributed by atoms with Gasteiger partial charge in [0.15, 0.2) is 0 Å². The van der Waals surface area contributed by atoms with E-state index in [9.17, 15) is 4.79 Å². The van der Waals surface area contributed by atoms with Crippen molar-refractivity contribution >= 4 is 23.7 Å². The van der Waals surface area contributed by atoms with Crippen LogP contribution < -0.4 is 4.90 Å². The number of rotatable bonds is 4. The van der Waals surface area contributed by atoms with Gasteiger partial charge in [0.1, 0.15) is 0 Å². The molecule has 2 nitrogen and oxygen atoms in total. The van der Waals surface area contributed by atoms with Crippen molar-refractivity contribution < 1.29 is 4.79 Å². The largest absolute Gasteiger partial charge is 0.317 e. The van der Waals surface area contributed by atoms with Crippen LogP contribution in [0.25, 0.3) is 0 Å². The van der Waals surface area contributed by atoms with Crippen molar-refractivity contribution in [2.24, 2.45) is 0 Å². The van der Waals surface area contributed by atoms with Gasteiger partial charge in [-0.3, -0.25) is 9.69 Å². The van der Waals surface area contributed by atoms with Gasteiger partial charge in [-0.2, -0.15) is 0 Å². The highest BCUT2D eigenvalue weighted by molar-refractivity contribution is 6.30. The molecular weight excluding hydrogens is 234 g/mol. The third-order valence-electron chi connectivity index (χ3n) is 2.43. The van der Waals surface area contributed by atoms with Crippen molar-refractivity contribution in [3.8, 4) is 0 Å². The molecule has 0 heterocycles. The minimum Gasteiger partial charge on any atom is -0.300 e. The van der Waals surface area contributed by atoms with E-state index < -0.39 is 0 Å². The summed E-state index contributed by atoms with van der Waals surface area (Å²) in [5.41, 5.74) is 1.85. The first-order chi connectivity index (χ1) is 8.29. The average Bonchev–Trinajstić information content (AvgIpc) is 2.38. The highest BCUT2D eigenvalue weighted by Crippen LogP contribution is 2.18. The third-order valence-corrected chi connectivity index (χ3v) is 2.68. The second-order valence-electron chi connectivity index (χ2n) is 3.64. The number of amides is 1.